The third-order valence-corrected chi connectivity index (χ3v) is 7.54. The molecule has 168 valence electrons. The molecule has 2 aliphatic rings. The molecule has 1 aromatic carbocycles. The van der Waals surface area contributed by atoms with Crippen LogP contribution in [-0.4, -0.2) is 62.9 Å². The number of amides is 1. The van der Waals surface area contributed by atoms with Crippen LogP contribution in [0.1, 0.15) is 40.9 Å². The van der Waals surface area contributed by atoms with Gasteiger partial charge in [-0.25, -0.2) is 8.42 Å². The van der Waals surface area contributed by atoms with Crippen molar-refractivity contribution in [1.82, 2.24) is 14.5 Å². The zero-order chi connectivity index (χ0) is 21.7. The van der Waals surface area contributed by atoms with Crippen molar-refractivity contribution in [3.05, 3.63) is 53.3 Å². The number of piperidine rings is 1. The summed E-state index contributed by atoms with van der Waals surface area (Å²) >= 11 is 0. The Kier molecular flexibility index (Phi) is 7.06. The van der Waals surface area contributed by atoms with Gasteiger partial charge >= 0.3 is 0 Å². The van der Waals surface area contributed by atoms with E-state index in [2.05, 4.69) is 16.3 Å². The van der Waals surface area contributed by atoms with E-state index >= 15 is 0 Å². The van der Waals surface area contributed by atoms with Crippen molar-refractivity contribution < 1.29 is 22.4 Å². The van der Waals surface area contributed by atoms with Crippen LogP contribution in [0.3, 0.4) is 0 Å². The first-order valence-corrected chi connectivity index (χ1v) is 12.2. The van der Waals surface area contributed by atoms with Crippen LogP contribution in [0.25, 0.3) is 0 Å². The smallest absolute Gasteiger partial charge is 0.287 e. The van der Waals surface area contributed by atoms with Crippen molar-refractivity contribution >= 4 is 15.9 Å². The van der Waals surface area contributed by atoms with Crippen molar-refractivity contribution in [3.8, 4) is 0 Å². The van der Waals surface area contributed by atoms with Crippen LogP contribution in [0.15, 0.2) is 45.9 Å². The van der Waals surface area contributed by atoms with Gasteiger partial charge in [0, 0.05) is 39.3 Å². The van der Waals surface area contributed by atoms with E-state index < -0.39 is 15.9 Å². The highest BCUT2D eigenvalue weighted by molar-refractivity contribution is 7.89. The summed E-state index contributed by atoms with van der Waals surface area (Å²) in [6.07, 6.45) is 2.72. The number of carbonyl (C=O) groups excluding carboxylic acids is 1. The van der Waals surface area contributed by atoms with Crippen LogP contribution >= 0.6 is 0 Å². The topological polar surface area (TPSA) is 92.1 Å². The Hall–Kier alpha value is -2.20. The minimum Gasteiger partial charge on any atom is -0.438 e. The molecule has 8 nitrogen and oxygen atoms in total. The molecule has 4 rings (SSSR count). The third kappa shape index (κ3) is 5.35. The normalized spacial score (nSPS) is 18.7. The molecule has 0 radical (unpaired) electrons. The lowest BCUT2D eigenvalue weighted by molar-refractivity contribution is 0.0340. The Labute approximate surface area is 183 Å². The Bertz CT molecular complexity index is 992. The van der Waals surface area contributed by atoms with Crippen molar-refractivity contribution in [1.29, 1.82) is 0 Å². The fourth-order valence-electron chi connectivity index (χ4n) is 3.96. The lowest BCUT2D eigenvalue weighted by atomic mass is 10.1. The van der Waals surface area contributed by atoms with Crippen LogP contribution in [-0.2, 0) is 27.8 Å². The number of hydrogen-bond donors (Lipinski definition) is 1. The number of nitrogens with zero attached hydrogens (tertiary/aromatic N) is 2. The summed E-state index contributed by atoms with van der Waals surface area (Å²) in [6.45, 7) is 5.38. The maximum Gasteiger partial charge on any atom is 0.287 e. The van der Waals surface area contributed by atoms with Crippen LogP contribution in [0, 0.1) is 0 Å². The van der Waals surface area contributed by atoms with Gasteiger partial charge < -0.3 is 14.5 Å². The molecule has 0 aliphatic carbocycles. The molecule has 2 fully saturated rings. The SMILES string of the molecule is O=C(NCc1ccccc1CN1CCOCC1)c1ccc(S(=O)(=O)N2CCCCC2)o1. The number of hydrogen-bond acceptors (Lipinski definition) is 6. The second-order valence-electron chi connectivity index (χ2n) is 7.92. The number of morpholine rings is 1. The van der Waals surface area contributed by atoms with E-state index in [1.807, 2.05) is 18.2 Å². The van der Waals surface area contributed by atoms with Gasteiger partial charge in [-0.05, 0) is 36.1 Å². The zero-order valence-corrected chi connectivity index (χ0v) is 18.4. The van der Waals surface area contributed by atoms with Gasteiger partial charge in [0.1, 0.15) is 0 Å². The van der Waals surface area contributed by atoms with Gasteiger partial charge in [0.2, 0.25) is 5.09 Å². The van der Waals surface area contributed by atoms with Gasteiger partial charge in [0.05, 0.1) is 13.2 Å². The van der Waals surface area contributed by atoms with Gasteiger partial charge in [0.25, 0.3) is 15.9 Å². The van der Waals surface area contributed by atoms with Gasteiger partial charge in [-0.15, -0.1) is 0 Å². The summed E-state index contributed by atoms with van der Waals surface area (Å²) in [6, 6.07) is 10.8. The van der Waals surface area contributed by atoms with Crippen LogP contribution < -0.4 is 5.32 Å². The average molecular weight is 448 g/mol. The van der Waals surface area contributed by atoms with E-state index in [1.165, 1.54) is 16.4 Å². The van der Waals surface area contributed by atoms with Crippen LogP contribution in [0.4, 0.5) is 0 Å². The van der Waals surface area contributed by atoms with E-state index in [0.29, 0.717) is 19.6 Å². The predicted molar refractivity (Wildman–Crippen MR) is 115 cm³/mol. The summed E-state index contributed by atoms with van der Waals surface area (Å²) < 4.78 is 37.7. The molecule has 1 amide bonds. The first kappa shape index (κ1) is 22.0. The molecule has 0 unspecified atom stereocenters. The molecule has 9 heteroatoms. The van der Waals surface area contributed by atoms with Gasteiger partial charge in [-0.3, -0.25) is 9.69 Å². The van der Waals surface area contributed by atoms with E-state index in [-0.39, 0.29) is 10.9 Å². The fourth-order valence-corrected chi connectivity index (χ4v) is 5.39. The number of furan rings is 1. The zero-order valence-electron chi connectivity index (χ0n) is 17.6. The molecule has 2 aliphatic heterocycles. The molecule has 1 aromatic heterocycles. The molecule has 31 heavy (non-hydrogen) atoms. The maximum atomic E-state index is 12.7. The van der Waals surface area contributed by atoms with Crippen LogP contribution in [0.2, 0.25) is 0 Å². The second kappa shape index (κ2) is 9.95. The van der Waals surface area contributed by atoms with Crippen molar-refractivity contribution in [2.24, 2.45) is 0 Å². The molecule has 0 spiro atoms. The summed E-state index contributed by atoms with van der Waals surface area (Å²) in [5.74, 6) is -0.428. The van der Waals surface area contributed by atoms with E-state index in [4.69, 9.17) is 9.15 Å². The summed E-state index contributed by atoms with van der Waals surface area (Å²) in [5.41, 5.74) is 2.17. The quantitative estimate of drug-likeness (QED) is 0.700. The van der Waals surface area contributed by atoms with E-state index in [0.717, 1.165) is 63.2 Å². The molecule has 1 N–H and O–H groups in total. The minimum absolute atomic E-state index is 0.00115. The highest BCUT2D eigenvalue weighted by atomic mass is 32.2. The van der Waals surface area contributed by atoms with E-state index in [1.54, 1.807) is 0 Å². The monoisotopic (exact) mass is 447 g/mol. The molecule has 0 bridgehead atoms. The lowest BCUT2D eigenvalue weighted by Crippen LogP contribution is -2.36. The van der Waals surface area contributed by atoms with Crippen molar-refractivity contribution in [2.45, 2.75) is 37.4 Å². The Morgan fingerprint density at radius 3 is 2.39 bits per heavy atom. The highest BCUT2D eigenvalue weighted by Crippen LogP contribution is 2.22. The lowest BCUT2D eigenvalue weighted by Gasteiger charge is -2.27. The summed E-state index contributed by atoms with van der Waals surface area (Å²) in [4.78, 5) is 14.9. The molecule has 2 saturated heterocycles. The second-order valence-corrected chi connectivity index (χ2v) is 9.79. The molecule has 0 saturated carbocycles. The number of ether oxygens (including phenoxy) is 1. The minimum atomic E-state index is -3.69. The first-order valence-electron chi connectivity index (χ1n) is 10.8. The number of rotatable bonds is 7. The summed E-state index contributed by atoms with van der Waals surface area (Å²) in [7, 11) is -3.69. The van der Waals surface area contributed by atoms with Crippen molar-refractivity contribution in [3.63, 3.8) is 0 Å². The van der Waals surface area contributed by atoms with Crippen molar-refractivity contribution in [2.75, 3.05) is 39.4 Å². The molecular formula is C22H29N3O5S. The number of sulfonamides is 1. The fraction of sp³-hybridized carbons (Fsp3) is 0.500. The number of benzene rings is 1. The number of carbonyl (C=O) groups is 1. The summed E-state index contributed by atoms with van der Waals surface area (Å²) in [5, 5.41) is 2.68. The molecular weight excluding hydrogens is 418 g/mol. The van der Waals surface area contributed by atoms with Gasteiger partial charge in [0.15, 0.2) is 5.76 Å². The molecule has 0 atom stereocenters. The highest BCUT2D eigenvalue weighted by Gasteiger charge is 2.29. The third-order valence-electron chi connectivity index (χ3n) is 5.77. The number of nitrogens with one attached hydrogen (secondary N) is 1. The van der Waals surface area contributed by atoms with Gasteiger partial charge in [-0.1, -0.05) is 30.7 Å². The first-order chi connectivity index (χ1) is 15.0. The molecule has 3 heterocycles. The predicted octanol–water partition coefficient (Wildman–Crippen LogP) is 2.22. The Balaban J connectivity index is 1.38. The standard InChI is InChI=1S/C22H29N3O5S/c26-22(20-8-9-21(30-20)31(27,28)25-10-4-1-5-11-25)23-16-18-6-2-3-7-19(18)17-24-12-14-29-15-13-24/h2-3,6-9H,1,4-5,10-17H2,(H,23,26). The van der Waals surface area contributed by atoms with Crippen LogP contribution in [0.5, 0.6) is 0 Å². The Morgan fingerprint density at radius 2 is 1.65 bits per heavy atom. The molecule has 2 aromatic rings. The maximum absolute atomic E-state index is 12.7. The Morgan fingerprint density at radius 1 is 0.935 bits per heavy atom. The van der Waals surface area contributed by atoms with E-state index in [9.17, 15) is 13.2 Å². The average Bonchev–Trinajstić information content (AvgIpc) is 3.31. The largest absolute Gasteiger partial charge is 0.438 e. The van der Waals surface area contributed by atoms with Gasteiger partial charge in [-0.2, -0.15) is 4.31 Å².